The van der Waals surface area contributed by atoms with Crippen molar-refractivity contribution in [2.45, 2.75) is 12.5 Å². The van der Waals surface area contributed by atoms with E-state index < -0.39 is 0 Å². The molecule has 3 rings (SSSR count). The number of imide groups is 1. The second kappa shape index (κ2) is 3.67. The van der Waals surface area contributed by atoms with E-state index in [1.54, 1.807) is 31.4 Å². The van der Waals surface area contributed by atoms with Gasteiger partial charge in [-0.1, -0.05) is 12.1 Å². The van der Waals surface area contributed by atoms with Crippen LogP contribution in [0.25, 0.3) is 0 Å². The van der Waals surface area contributed by atoms with Crippen LogP contribution in [0.3, 0.4) is 0 Å². The molecule has 1 aromatic rings. The molecule has 1 aromatic carbocycles. The van der Waals surface area contributed by atoms with Crippen molar-refractivity contribution in [3.63, 3.8) is 0 Å². The van der Waals surface area contributed by atoms with Crippen molar-refractivity contribution in [2.75, 3.05) is 13.7 Å². The molecule has 0 spiro atoms. The summed E-state index contributed by atoms with van der Waals surface area (Å²) in [6, 6.07) is 7.02. The molecule has 0 bridgehead atoms. The van der Waals surface area contributed by atoms with Crippen LogP contribution in [-0.4, -0.2) is 36.5 Å². The van der Waals surface area contributed by atoms with Gasteiger partial charge < -0.3 is 4.74 Å². The van der Waals surface area contributed by atoms with Crippen LogP contribution in [0, 0.1) is 5.92 Å². The molecule has 0 aromatic heterocycles. The summed E-state index contributed by atoms with van der Waals surface area (Å²) in [6.45, 7) is 0.609. The highest BCUT2D eigenvalue weighted by Gasteiger charge is 2.50. The van der Waals surface area contributed by atoms with Gasteiger partial charge in [0.2, 0.25) is 0 Å². The first kappa shape index (κ1) is 10.5. The van der Waals surface area contributed by atoms with Crippen molar-refractivity contribution < 1.29 is 14.3 Å². The summed E-state index contributed by atoms with van der Waals surface area (Å²) in [5, 5.41) is 0. The fourth-order valence-electron chi connectivity index (χ4n) is 2.45. The minimum Gasteiger partial charge on any atom is -0.384 e. The number of methoxy groups -OCH3 is 1. The lowest BCUT2D eigenvalue weighted by Gasteiger charge is -2.13. The topological polar surface area (TPSA) is 46.6 Å². The van der Waals surface area contributed by atoms with Crippen molar-refractivity contribution >= 4 is 11.8 Å². The summed E-state index contributed by atoms with van der Waals surface area (Å²) in [6.07, 6.45) is 0.860. The van der Waals surface area contributed by atoms with Crippen LogP contribution in [-0.2, 0) is 4.74 Å². The quantitative estimate of drug-likeness (QED) is 0.737. The Hall–Kier alpha value is -1.68. The summed E-state index contributed by atoms with van der Waals surface area (Å²) in [7, 11) is 1.64. The first-order valence-electron chi connectivity index (χ1n) is 5.70. The Labute approximate surface area is 99.2 Å². The maximum absolute atomic E-state index is 12.1. The third-order valence-electron chi connectivity index (χ3n) is 3.42. The van der Waals surface area contributed by atoms with Gasteiger partial charge in [-0.15, -0.1) is 0 Å². The van der Waals surface area contributed by atoms with Crippen LogP contribution in [0.4, 0.5) is 0 Å². The van der Waals surface area contributed by atoms with Crippen LogP contribution in [0.15, 0.2) is 24.3 Å². The second-order valence-electron chi connectivity index (χ2n) is 4.54. The Bertz CT molecular complexity index is 462. The number of carbonyl (C=O) groups is 2. The summed E-state index contributed by atoms with van der Waals surface area (Å²) < 4.78 is 5.05. The van der Waals surface area contributed by atoms with E-state index in [9.17, 15) is 9.59 Å². The summed E-state index contributed by atoms with van der Waals surface area (Å²) in [5.41, 5.74) is 1.06. The predicted molar refractivity (Wildman–Crippen MR) is 60.7 cm³/mol. The van der Waals surface area contributed by atoms with Crippen LogP contribution in [0.1, 0.15) is 27.1 Å². The lowest BCUT2D eigenvalue weighted by atomic mass is 10.1. The summed E-state index contributed by atoms with van der Waals surface area (Å²) in [5.74, 6) is -0.00869. The maximum Gasteiger partial charge on any atom is 0.261 e. The summed E-state index contributed by atoms with van der Waals surface area (Å²) in [4.78, 5) is 25.6. The average Bonchev–Trinajstić information content (AvgIpc) is 3.03. The molecule has 1 heterocycles. The van der Waals surface area contributed by atoms with Crippen molar-refractivity contribution in [3.8, 4) is 0 Å². The van der Waals surface area contributed by atoms with Crippen LogP contribution in [0.2, 0.25) is 0 Å². The molecule has 1 saturated carbocycles. The van der Waals surface area contributed by atoms with Crippen molar-refractivity contribution in [2.24, 2.45) is 5.92 Å². The molecule has 2 amide bonds. The molecule has 0 saturated heterocycles. The second-order valence-corrected chi connectivity index (χ2v) is 4.54. The lowest BCUT2D eigenvalue weighted by molar-refractivity contribution is 0.0623. The zero-order valence-corrected chi connectivity index (χ0v) is 9.55. The Morgan fingerprint density at radius 2 is 1.82 bits per heavy atom. The maximum atomic E-state index is 12.1. The van der Waals surface area contributed by atoms with Crippen molar-refractivity contribution in [3.05, 3.63) is 35.4 Å². The molecule has 0 N–H and O–H groups in total. The number of amides is 2. The van der Waals surface area contributed by atoms with Gasteiger partial charge in [-0.2, -0.15) is 0 Å². The van der Waals surface area contributed by atoms with Crippen LogP contribution >= 0.6 is 0 Å². The number of rotatable bonds is 3. The normalized spacial score (nSPS) is 26.3. The molecule has 2 atom stereocenters. The predicted octanol–water partition coefficient (Wildman–Crippen LogP) is 1.32. The fraction of sp³-hybridized carbons (Fsp3) is 0.385. The monoisotopic (exact) mass is 231 g/mol. The van der Waals surface area contributed by atoms with Gasteiger partial charge in [0.25, 0.3) is 11.8 Å². The molecule has 2 aliphatic rings. The smallest absolute Gasteiger partial charge is 0.261 e. The third kappa shape index (κ3) is 1.48. The molecule has 1 unspecified atom stereocenters. The van der Waals surface area contributed by atoms with E-state index in [4.69, 9.17) is 4.74 Å². The van der Waals surface area contributed by atoms with E-state index in [2.05, 4.69) is 0 Å². The van der Waals surface area contributed by atoms with E-state index in [1.165, 1.54) is 4.90 Å². The van der Waals surface area contributed by atoms with Crippen molar-refractivity contribution in [1.29, 1.82) is 0 Å². The average molecular weight is 231 g/mol. The standard InChI is InChI=1S/C13H13NO3/c1-17-7-8-6-11(8)14-12(15)9-4-2-3-5-10(9)13(14)16/h2-5,8,11H,6-7H2,1H3/t8?,11-/m1/s1. The molecule has 1 aliphatic heterocycles. The number of carbonyl (C=O) groups excluding carboxylic acids is 2. The van der Waals surface area contributed by atoms with Crippen LogP contribution < -0.4 is 0 Å². The molecular formula is C13H13NO3. The molecule has 0 radical (unpaired) electrons. The highest BCUT2D eigenvalue weighted by Crippen LogP contribution is 2.40. The molecule has 4 heteroatoms. The van der Waals surface area contributed by atoms with Crippen LogP contribution in [0.5, 0.6) is 0 Å². The van der Waals surface area contributed by atoms with E-state index in [-0.39, 0.29) is 17.9 Å². The minimum absolute atomic E-state index is 0.0300. The third-order valence-corrected chi connectivity index (χ3v) is 3.42. The number of benzene rings is 1. The van der Waals surface area contributed by atoms with Crippen molar-refractivity contribution in [1.82, 2.24) is 4.90 Å². The Morgan fingerprint density at radius 3 is 2.35 bits per heavy atom. The van der Waals surface area contributed by atoms with E-state index in [0.29, 0.717) is 23.7 Å². The first-order valence-corrected chi connectivity index (χ1v) is 5.70. The van der Waals surface area contributed by atoms with Gasteiger partial charge in [-0.05, 0) is 18.6 Å². The van der Waals surface area contributed by atoms with Gasteiger partial charge in [-0.25, -0.2) is 0 Å². The largest absolute Gasteiger partial charge is 0.384 e. The van der Waals surface area contributed by atoms with E-state index in [1.807, 2.05) is 0 Å². The van der Waals surface area contributed by atoms with Gasteiger partial charge >= 0.3 is 0 Å². The molecule has 1 fully saturated rings. The molecule has 4 nitrogen and oxygen atoms in total. The molecule has 1 aliphatic carbocycles. The minimum atomic E-state index is -0.158. The SMILES string of the molecule is COCC1C[C@H]1N1C(=O)c2ccccc2C1=O. The first-order chi connectivity index (χ1) is 8.24. The van der Waals surface area contributed by atoms with Gasteiger partial charge in [0, 0.05) is 19.1 Å². The highest BCUT2D eigenvalue weighted by atomic mass is 16.5. The molecular weight excluding hydrogens is 218 g/mol. The van der Waals surface area contributed by atoms with E-state index in [0.717, 1.165) is 6.42 Å². The Balaban J connectivity index is 1.87. The van der Waals surface area contributed by atoms with Gasteiger partial charge in [0.15, 0.2) is 0 Å². The zero-order valence-electron chi connectivity index (χ0n) is 9.55. The highest BCUT2D eigenvalue weighted by molar-refractivity contribution is 6.21. The van der Waals surface area contributed by atoms with Gasteiger partial charge in [0.1, 0.15) is 0 Å². The number of hydrogen-bond donors (Lipinski definition) is 0. The van der Waals surface area contributed by atoms with E-state index >= 15 is 0 Å². The Kier molecular flexibility index (Phi) is 2.26. The lowest BCUT2D eigenvalue weighted by Crippen LogP contribution is -2.33. The number of nitrogens with zero attached hydrogens (tertiary/aromatic N) is 1. The number of ether oxygens (including phenoxy) is 1. The number of fused-ring (bicyclic) bond motifs is 1. The molecule has 17 heavy (non-hydrogen) atoms. The zero-order chi connectivity index (χ0) is 12.0. The van der Waals surface area contributed by atoms with Gasteiger partial charge in [0.05, 0.1) is 17.7 Å². The van der Waals surface area contributed by atoms with Gasteiger partial charge in [-0.3, -0.25) is 14.5 Å². The Morgan fingerprint density at radius 1 is 1.24 bits per heavy atom. The summed E-state index contributed by atoms with van der Waals surface area (Å²) >= 11 is 0. The molecule has 88 valence electrons. The fourth-order valence-corrected chi connectivity index (χ4v) is 2.45. The number of hydrogen-bond acceptors (Lipinski definition) is 3.